The number of hydrogen-bond donors (Lipinski definition) is 0. The molecule has 0 saturated carbocycles. The van der Waals surface area contributed by atoms with Crippen molar-refractivity contribution in [1.82, 2.24) is 0 Å². The Hall–Kier alpha value is -0.250. The highest BCUT2D eigenvalue weighted by molar-refractivity contribution is 9.10. The second-order valence-electron chi connectivity index (χ2n) is 4.47. The predicted octanol–water partition coefficient (Wildman–Crippen LogP) is 3.66. The van der Waals surface area contributed by atoms with E-state index in [1.54, 1.807) is 7.11 Å². The number of benzene rings is 1. The summed E-state index contributed by atoms with van der Waals surface area (Å²) in [4.78, 5) is 2.41. The van der Waals surface area contributed by atoms with Crippen LogP contribution in [-0.2, 0) is 10.6 Å². The molecule has 1 aromatic carbocycles. The van der Waals surface area contributed by atoms with Gasteiger partial charge in [0.2, 0.25) is 0 Å². The summed E-state index contributed by atoms with van der Waals surface area (Å²) in [7, 11) is 1.77. The van der Waals surface area contributed by atoms with Gasteiger partial charge in [-0.2, -0.15) is 0 Å². The van der Waals surface area contributed by atoms with Crippen LogP contribution in [-0.4, -0.2) is 26.8 Å². The van der Waals surface area contributed by atoms with Crippen LogP contribution in [0.2, 0.25) is 0 Å². The van der Waals surface area contributed by atoms with Gasteiger partial charge in [0.25, 0.3) is 0 Å². The Morgan fingerprint density at radius 1 is 1.53 bits per heavy atom. The van der Waals surface area contributed by atoms with E-state index < -0.39 is 0 Å². The number of ether oxygens (including phenoxy) is 1. The predicted molar refractivity (Wildman–Crippen MR) is 75.9 cm³/mol. The van der Waals surface area contributed by atoms with Gasteiger partial charge in [-0.1, -0.05) is 22.0 Å². The minimum absolute atomic E-state index is 0.549. The van der Waals surface area contributed by atoms with Gasteiger partial charge in [-0.05, 0) is 24.1 Å². The van der Waals surface area contributed by atoms with Gasteiger partial charge in [0.05, 0.1) is 6.61 Å². The second-order valence-corrected chi connectivity index (χ2v) is 5.59. The molecule has 17 heavy (non-hydrogen) atoms. The molecule has 1 unspecified atom stereocenters. The van der Waals surface area contributed by atoms with Crippen LogP contribution >= 0.6 is 27.5 Å². The van der Waals surface area contributed by atoms with E-state index in [0.717, 1.165) is 29.7 Å². The van der Waals surface area contributed by atoms with E-state index >= 15 is 0 Å². The van der Waals surface area contributed by atoms with E-state index in [4.69, 9.17) is 16.3 Å². The molecule has 2 nitrogen and oxygen atoms in total. The van der Waals surface area contributed by atoms with Crippen LogP contribution in [0.4, 0.5) is 5.69 Å². The maximum absolute atomic E-state index is 5.85. The minimum atomic E-state index is 0.549. The van der Waals surface area contributed by atoms with Crippen LogP contribution in [0, 0.1) is 5.92 Å². The lowest BCUT2D eigenvalue weighted by atomic mass is 10.1. The highest BCUT2D eigenvalue weighted by Gasteiger charge is 2.22. The molecule has 1 aliphatic rings. The summed E-state index contributed by atoms with van der Waals surface area (Å²) in [6.07, 6.45) is 1.21. The fourth-order valence-corrected chi connectivity index (χ4v) is 3.18. The molecule has 1 saturated heterocycles. The van der Waals surface area contributed by atoms with Gasteiger partial charge in [0, 0.05) is 42.2 Å². The highest BCUT2D eigenvalue weighted by Crippen LogP contribution is 2.29. The van der Waals surface area contributed by atoms with Crippen molar-refractivity contribution >= 4 is 33.2 Å². The van der Waals surface area contributed by atoms with Gasteiger partial charge in [0.15, 0.2) is 0 Å². The molecule has 0 bridgehead atoms. The molecule has 0 aromatic heterocycles. The maximum atomic E-state index is 5.85. The lowest BCUT2D eigenvalue weighted by Gasteiger charge is -2.19. The fourth-order valence-electron chi connectivity index (χ4n) is 2.28. The zero-order valence-corrected chi connectivity index (χ0v) is 12.3. The molecule has 0 aliphatic carbocycles. The molecule has 0 amide bonds. The van der Waals surface area contributed by atoms with E-state index in [2.05, 4.69) is 39.0 Å². The largest absolute Gasteiger partial charge is 0.384 e. The van der Waals surface area contributed by atoms with Crippen LogP contribution in [0.1, 0.15) is 12.0 Å². The van der Waals surface area contributed by atoms with E-state index in [1.165, 1.54) is 12.1 Å². The maximum Gasteiger partial charge on any atom is 0.0508 e. The van der Waals surface area contributed by atoms with Crippen molar-refractivity contribution in [2.45, 2.75) is 12.3 Å². The molecule has 1 heterocycles. The van der Waals surface area contributed by atoms with Gasteiger partial charge in [-0.3, -0.25) is 0 Å². The summed E-state index contributed by atoms with van der Waals surface area (Å²) in [5, 5.41) is 0. The number of rotatable bonds is 4. The third-order valence-corrected chi connectivity index (χ3v) is 4.26. The first-order valence-corrected chi connectivity index (χ1v) is 7.15. The smallest absolute Gasteiger partial charge is 0.0508 e. The third-order valence-electron chi connectivity index (χ3n) is 3.23. The van der Waals surface area contributed by atoms with Crippen LogP contribution in [0.15, 0.2) is 22.7 Å². The molecular formula is C13H17BrClNO. The van der Waals surface area contributed by atoms with Gasteiger partial charge in [-0.15, -0.1) is 11.6 Å². The Kier molecular flexibility index (Phi) is 4.71. The Morgan fingerprint density at radius 2 is 2.35 bits per heavy atom. The summed E-state index contributed by atoms with van der Waals surface area (Å²) in [5.41, 5.74) is 2.41. The Morgan fingerprint density at radius 3 is 3.00 bits per heavy atom. The van der Waals surface area contributed by atoms with Crippen molar-refractivity contribution in [2.75, 3.05) is 31.7 Å². The molecule has 0 spiro atoms. The summed E-state index contributed by atoms with van der Waals surface area (Å²) in [6, 6.07) is 6.40. The first-order chi connectivity index (χ1) is 8.24. The average molecular weight is 319 g/mol. The topological polar surface area (TPSA) is 12.5 Å². The van der Waals surface area contributed by atoms with Crippen LogP contribution in [0.5, 0.6) is 0 Å². The number of hydrogen-bond acceptors (Lipinski definition) is 2. The van der Waals surface area contributed by atoms with Crippen LogP contribution < -0.4 is 4.90 Å². The Balaban J connectivity index is 2.06. The lowest BCUT2D eigenvalue weighted by Crippen LogP contribution is -2.20. The molecular weight excluding hydrogens is 302 g/mol. The molecule has 2 rings (SSSR count). The van der Waals surface area contributed by atoms with Gasteiger partial charge in [-0.25, -0.2) is 0 Å². The number of nitrogens with zero attached hydrogens (tertiary/aromatic N) is 1. The fraction of sp³-hybridized carbons (Fsp3) is 0.538. The van der Waals surface area contributed by atoms with Gasteiger partial charge < -0.3 is 9.64 Å². The lowest BCUT2D eigenvalue weighted by molar-refractivity contribution is 0.161. The van der Waals surface area contributed by atoms with Crippen LogP contribution in [0.3, 0.4) is 0 Å². The zero-order chi connectivity index (χ0) is 12.3. The molecule has 0 N–H and O–H groups in total. The monoisotopic (exact) mass is 317 g/mol. The Labute approximate surface area is 116 Å². The van der Waals surface area contributed by atoms with Crippen molar-refractivity contribution in [2.24, 2.45) is 5.92 Å². The van der Waals surface area contributed by atoms with E-state index in [9.17, 15) is 0 Å². The third kappa shape index (κ3) is 3.15. The zero-order valence-electron chi connectivity index (χ0n) is 9.96. The highest BCUT2D eigenvalue weighted by atomic mass is 79.9. The molecule has 94 valence electrons. The van der Waals surface area contributed by atoms with E-state index in [-0.39, 0.29) is 0 Å². The number of methoxy groups -OCH3 is 1. The number of halogens is 2. The average Bonchev–Trinajstić information content (AvgIpc) is 2.78. The van der Waals surface area contributed by atoms with Gasteiger partial charge >= 0.3 is 0 Å². The van der Waals surface area contributed by atoms with Gasteiger partial charge in [0.1, 0.15) is 0 Å². The van der Waals surface area contributed by atoms with E-state index in [1.807, 2.05) is 0 Å². The summed E-state index contributed by atoms with van der Waals surface area (Å²) in [6.45, 7) is 3.05. The number of alkyl halides is 1. The standard InChI is InChI=1S/C13H17BrClNO/c1-17-9-10-4-5-16(8-10)12-3-2-11(7-15)13(14)6-12/h2-3,6,10H,4-5,7-9H2,1H3. The van der Waals surface area contributed by atoms with Crippen molar-refractivity contribution in [1.29, 1.82) is 0 Å². The molecule has 1 fully saturated rings. The van der Waals surface area contributed by atoms with Crippen molar-refractivity contribution in [3.63, 3.8) is 0 Å². The first kappa shape index (κ1) is 13.2. The molecule has 0 radical (unpaired) electrons. The summed E-state index contributed by atoms with van der Waals surface area (Å²) in [5.74, 6) is 1.21. The van der Waals surface area contributed by atoms with Crippen molar-refractivity contribution in [3.8, 4) is 0 Å². The minimum Gasteiger partial charge on any atom is -0.384 e. The molecule has 1 atom stereocenters. The molecule has 1 aliphatic heterocycles. The SMILES string of the molecule is COCC1CCN(c2ccc(CCl)c(Br)c2)C1. The van der Waals surface area contributed by atoms with Crippen molar-refractivity contribution in [3.05, 3.63) is 28.2 Å². The second kappa shape index (κ2) is 6.07. The first-order valence-electron chi connectivity index (χ1n) is 5.83. The molecule has 1 aromatic rings. The van der Waals surface area contributed by atoms with E-state index in [0.29, 0.717) is 11.8 Å². The normalized spacial score (nSPS) is 19.9. The quantitative estimate of drug-likeness (QED) is 0.786. The Bertz CT molecular complexity index is 386. The summed E-state index contributed by atoms with van der Waals surface area (Å²) < 4.78 is 6.31. The van der Waals surface area contributed by atoms with Crippen LogP contribution in [0.25, 0.3) is 0 Å². The molecule has 4 heteroatoms. The van der Waals surface area contributed by atoms with Crippen molar-refractivity contribution < 1.29 is 4.74 Å². The summed E-state index contributed by atoms with van der Waals surface area (Å²) >= 11 is 9.41. The number of anilines is 1.